The SMILES string of the molecule is C[C@@H](NC(=O)c1ccc(-c2cc(C3CC3)cc(C(F)(F)F)c2)o1)c1cc(F)c(NS(C)(=O)=O)c(F)c1. The number of halogens is 5. The van der Waals surface area contributed by atoms with Crippen LogP contribution >= 0.6 is 0 Å². The molecule has 1 aromatic heterocycles. The van der Waals surface area contributed by atoms with E-state index in [4.69, 9.17) is 4.42 Å². The maximum Gasteiger partial charge on any atom is 0.416 e. The van der Waals surface area contributed by atoms with Crippen molar-refractivity contribution >= 4 is 21.6 Å². The van der Waals surface area contributed by atoms with Gasteiger partial charge < -0.3 is 9.73 Å². The molecule has 1 amide bonds. The first-order chi connectivity index (χ1) is 16.7. The maximum atomic E-state index is 14.3. The summed E-state index contributed by atoms with van der Waals surface area (Å²) in [4.78, 5) is 12.6. The lowest BCUT2D eigenvalue weighted by molar-refractivity contribution is -0.137. The molecule has 36 heavy (non-hydrogen) atoms. The van der Waals surface area contributed by atoms with Gasteiger partial charge in [-0.25, -0.2) is 17.2 Å². The molecular formula is C24H21F5N2O4S. The highest BCUT2D eigenvalue weighted by atomic mass is 32.2. The van der Waals surface area contributed by atoms with Crippen LogP contribution in [-0.4, -0.2) is 20.6 Å². The second-order valence-corrected chi connectivity index (χ2v) is 10.5. The van der Waals surface area contributed by atoms with Gasteiger partial charge in [-0.3, -0.25) is 9.52 Å². The van der Waals surface area contributed by atoms with Gasteiger partial charge in [0.25, 0.3) is 5.91 Å². The highest BCUT2D eigenvalue weighted by Gasteiger charge is 2.34. The summed E-state index contributed by atoms with van der Waals surface area (Å²) >= 11 is 0. The first kappa shape index (κ1) is 25.7. The van der Waals surface area contributed by atoms with E-state index in [0.717, 1.165) is 43.4 Å². The van der Waals surface area contributed by atoms with Gasteiger partial charge in [0.2, 0.25) is 10.0 Å². The Morgan fingerprint density at radius 3 is 2.25 bits per heavy atom. The summed E-state index contributed by atoms with van der Waals surface area (Å²) in [6, 6.07) is 7.16. The highest BCUT2D eigenvalue weighted by molar-refractivity contribution is 7.92. The van der Waals surface area contributed by atoms with Crippen LogP contribution < -0.4 is 10.0 Å². The van der Waals surface area contributed by atoms with Gasteiger partial charge >= 0.3 is 6.18 Å². The topological polar surface area (TPSA) is 88.4 Å². The largest absolute Gasteiger partial charge is 0.451 e. The Kier molecular flexibility index (Phi) is 6.58. The van der Waals surface area contributed by atoms with Crippen molar-refractivity contribution in [3.63, 3.8) is 0 Å². The van der Waals surface area contributed by atoms with E-state index in [1.54, 1.807) is 10.8 Å². The smallest absolute Gasteiger partial charge is 0.416 e. The summed E-state index contributed by atoms with van der Waals surface area (Å²) in [6.45, 7) is 1.44. The summed E-state index contributed by atoms with van der Waals surface area (Å²) < 4.78 is 98.5. The summed E-state index contributed by atoms with van der Waals surface area (Å²) in [6.07, 6.45) is -2.20. The minimum absolute atomic E-state index is 0.0103. The fraction of sp³-hybridized carbons (Fsp3) is 0.292. The minimum Gasteiger partial charge on any atom is -0.451 e. The fourth-order valence-corrected chi connectivity index (χ4v) is 4.27. The number of nitrogens with one attached hydrogen (secondary N) is 2. The summed E-state index contributed by atoms with van der Waals surface area (Å²) in [5, 5.41) is 2.49. The van der Waals surface area contributed by atoms with Gasteiger partial charge in [0, 0.05) is 5.56 Å². The van der Waals surface area contributed by atoms with Crippen molar-refractivity contribution in [3.05, 3.63) is 76.5 Å². The molecule has 1 aliphatic carbocycles. The summed E-state index contributed by atoms with van der Waals surface area (Å²) in [5.41, 5.74) is -0.917. The number of amides is 1. The number of carbonyl (C=O) groups is 1. The number of benzene rings is 2. The lowest BCUT2D eigenvalue weighted by Crippen LogP contribution is -2.26. The molecule has 1 fully saturated rings. The molecule has 1 heterocycles. The molecule has 1 aliphatic rings. The molecule has 1 atom stereocenters. The van der Waals surface area contributed by atoms with E-state index in [1.807, 2.05) is 0 Å². The molecule has 2 aromatic carbocycles. The Morgan fingerprint density at radius 1 is 1.06 bits per heavy atom. The van der Waals surface area contributed by atoms with E-state index in [2.05, 4.69) is 5.32 Å². The van der Waals surface area contributed by atoms with Crippen LogP contribution in [0, 0.1) is 11.6 Å². The van der Waals surface area contributed by atoms with Crippen molar-refractivity contribution < 1.29 is 39.6 Å². The number of hydrogen-bond acceptors (Lipinski definition) is 4. The quantitative estimate of drug-likeness (QED) is 0.369. The van der Waals surface area contributed by atoms with Gasteiger partial charge in [-0.1, -0.05) is 0 Å². The van der Waals surface area contributed by atoms with Crippen LogP contribution in [0.2, 0.25) is 0 Å². The Labute approximate surface area is 203 Å². The predicted octanol–water partition coefficient (Wildman–Crippen LogP) is 5.98. The van der Waals surface area contributed by atoms with E-state index in [0.29, 0.717) is 5.56 Å². The average molecular weight is 528 g/mol. The number of anilines is 1. The number of hydrogen-bond donors (Lipinski definition) is 2. The Hall–Kier alpha value is -3.41. The third-order valence-electron chi connectivity index (χ3n) is 5.65. The molecule has 1 saturated carbocycles. The summed E-state index contributed by atoms with van der Waals surface area (Å²) in [5.74, 6) is -3.19. The van der Waals surface area contributed by atoms with E-state index in [1.165, 1.54) is 19.1 Å². The fourth-order valence-electron chi connectivity index (χ4n) is 3.70. The zero-order valence-corrected chi connectivity index (χ0v) is 19.9. The van der Waals surface area contributed by atoms with Crippen LogP contribution in [0.4, 0.5) is 27.6 Å². The van der Waals surface area contributed by atoms with Crippen molar-refractivity contribution in [1.29, 1.82) is 0 Å². The molecule has 0 aliphatic heterocycles. The number of furan rings is 1. The van der Waals surface area contributed by atoms with E-state index in [-0.39, 0.29) is 28.6 Å². The molecule has 0 saturated heterocycles. The monoisotopic (exact) mass is 528 g/mol. The predicted molar refractivity (Wildman–Crippen MR) is 122 cm³/mol. The number of sulfonamides is 1. The van der Waals surface area contributed by atoms with Gasteiger partial charge in [0.1, 0.15) is 11.4 Å². The van der Waals surface area contributed by atoms with E-state index < -0.39 is 51.0 Å². The lowest BCUT2D eigenvalue weighted by Gasteiger charge is -2.15. The third-order valence-corrected chi connectivity index (χ3v) is 6.22. The zero-order valence-electron chi connectivity index (χ0n) is 19.0. The second-order valence-electron chi connectivity index (χ2n) is 8.71. The van der Waals surface area contributed by atoms with Gasteiger partial charge in [0.15, 0.2) is 17.4 Å². The van der Waals surface area contributed by atoms with Gasteiger partial charge in [-0.2, -0.15) is 13.2 Å². The molecular weight excluding hydrogens is 507 g/mol. The molecule has 3 aromatic rings. The van der Waals surface area contributed by atoms with E-state index in [9.17, 15) is 35.2 Å². The Bertz CT molecular complexity index is 1410. The molecule has 4 rings (SSSR count). The van der Waals surface area contributed by atoms with Crippen molar-refractivity contribution in [3.8, 4) is 11.3 Å². The molecule has 2 N–H and O–H groups in total. The molecule has 12 heteroatoms. The van der Waals surface area contributed by atoms with Crippen molar-refractivity contribution in [2.45, 2.75) is 37.9 Å². The molecule has 0 spiro atoms. The first-order valence-electron chi connectivity index (χ1n) is 10.8. The second kappa shape index (κ2) is 9.23. The van der Waals surface area contributed by atoms with Gasteiger partial charge in [0.05, 0.1) is 17.9 Å². The molecule has 0 unspecified atom stereocenters. The number of carbonyl (C=O) groups excluding carboxylic acids is 1. The van der Waals surface area contributed by atoms with Gasteiger partial charge in [-0.15, -0.1) is 0 Å². The highest BCUT2D eigenvalue weighted by Crippen LogP contribution is 2.44. The standard InChI is InChI=1S/C24H21F5N2O4S/c1-12(14-10-18(25)22(19(26)11-14)31-36(2,33)34)30-23(32)21-6-5-20(35-21)16-7-15(13-3-4-13)8-17(9-16)24(27,28)29/h5-13,31H,3-4H2,1-2H3,(H,30,32)/t12-/m1/s1. The van der Waals surface area contributed by atoms with Crippen LogP contribution in [0.25, 0.3) is 11.3 Å². The lowest BCUT2D eigenvalue weighted by atomic mass is 10.0. The van der Waals surface area contributed by atoms with Crippen LogP contribution in [0.3, 0.4) is 0 Å². The average Bonchev–Trinajstić information content (AvgIpc) is 3.50. The number of rotatable bonds is 7. The molecule has 0 bridgehead atoms. The van der Waals surface area contributed by atoms with E-state index >= 15 is 0 Å². The Morgan fingerprint density at radius 2 is 1.69 bits per heavy atom. The van der Waals surface area contributed by atoms with Crippen molar-refractivity contribution in [2.24, 2.45) is 0 Å². The van der Waals surface area contributed by atoms with Crippen molar-refractivity contribution in [2.75, 3.05) is 11.0 Å². The molecule has 6 nitrogen and oxygen atoms in total. The Balaban J connectivity index is 1.53. The van der Waals surface area contributed by atoms with Crippen LogP contribution in [0.5, 0.6) is 0 Å². The third kappa shape index (κ3) is 5.86. The normalized spacial score (nSPS) is 15.0. The summed E-state index contributed by atoms with van der Waals surface area (Å²) in [7, 11) is -3.92. The van der Waals surface area contributed by atoms with Crippen LogP contribution in [0.1, 0.15) is 59.0 Å². The first-order valence-corrected chi connectivity index (χ1v) is 12.7. The van der Waals surface area contributed by atoms with Crippen LogP contribution in [-0.2, 0) is 16.2 Å². The zero-order chi connectivity index (χ0) is 26.4. The molecule has 0 radical (unpaired) electrons. The van der Waals surface area contributed by atoms with Crippen molar-refractivity contribution in [1.82, 2.24) is 5.32 Å². The molecule has 192 valence electrons. The van der Waals surface area contributed by atoms with Gasteiger partial charge in [-0.05, 0) is 79.3 Å². The minimum atomic E-state index is -4.54. The maximum absolute atomic E-state index is 14.3. The number of alkyl halides is 3. The van der Waals surface area contributed by atoms with Crippen LogP contribution in [0.15, 0.2) is 46.9 Å².